The first-order chi connectivity index (χ1) is 9.63. The first kappa shape index (κ1) is 16.9. The van der Waals surface area contributed by atoms with Crippen molar-refractivity contribution in [2.75, 3.05) is 11.9 Å². The van der Waals surface area contributed by atoms with E-state index in [9.17, 15) is 14.7 Å². The molecule has 1 rings (SSSR count). The van der Waals surface area contributed by atoms with Crippen LogP contribution in [-0.2, 0) is 9.53 Å². The lowest BCUT2D eigenvalue weighted by Gasteiger charge is -2.39. The summed E-state index contributed by atoms with van der Waals surface area (Å²) in [5.41, 5.74) is -1.60. The molecule has 0 unspecified atom stereocenters. The average Bonchev–Trinajstić information content (AvgIpc) is 2.38. The average molecular weight is 294 g/mol. The third-order valence-electron chi connectivity index (χ3n) is 3.83. The van der Waals surface area contributed by atoms with E-state index >= 15 is 0 Å². The maximum atomic E-state index is 11.9. The highest BCUT2D eigenvalue weighted by atomic mass is 16.5. The molecule has 0 saturated carbocycles. The predicted molar refractivity (Wildman–Crippen MR) is 79.3 cm³/mol. The van der Waals surface area contributed by atoms with Gasteiger partial charge in [0.05, 0.1) is 12.0 Å². The molecule has 6 heteroatoms. The van der Waals surface area contributed by atoms with E-state index in [0.717, 1.165) is 0 Å². The number of carboxylic acid groups (broad SMARTS) is 1. The Labute approximate surface area is 124 Å². The van der Waals surface area contributed by atoms with E-state index in [1.54, 1.807) is 46.8 Å². The molecule has 0 saturated heterocycles. The fraction of sp³-hybridized carbons (Fsp3) is 0.533. The molecule has 0 radical (unpaired) electrons. The molecule has 0 aliphatic carbocycles. The number of anilines is 1. The number of hydrogen-bond acceptors (Lipinski definition) is 5. The number of ether oxygens (including phenoxy) is 1. The standard InChI is InChI=1S/C15H22N2O4/c1-6-21-12(18)10-8-7-9-16-11(10)17-15(4,5)14(2,3)13(19)20/h7-9H,6H2,1-5H3,(H,16,17)(H,19,20). The molecule has 0 aromatic carbocycles. The summed E-state index contributed by atoms with van der Waals surface area (Å²) in [6, 6.07) is 3.23. The second-order valence-corrected chi connectivity index (χ2v) is 5.80. The van der Waals surface area contributed by atoms with Gasteiger partial charge in [-0.15, -0.1) is 0 Å². The molecular formula is C15H22N2O4. The fourth-order valence-corrected chi connectivity index (χ4v) is 1.60. The molecule has 2 N–H and O–H groups in total. The van der Waals surface area contributed by atoms with E-state index < -0.39 is 22.9 Å². The van der Waals surface area contributed by atoms with Crippen LogP contribution in [0.4, 0.5) is 5.82 Å². The zero-order valence-electron chi connectivity index (χ0n) is 13.1. The van der Waals surface area contributed by atoms with Crippen LogP contribution in [0.5, 0.6) is 0 Å². The maximum absolute atomic E-state index is 11.9. The fourth-order valence-electron chi connectivity index (χ4n) is 1.60. The normalized spacial score (nSPS) is 11.9. The Kier molecular flexibility index (Phi) is 4.93. The molecule has 1 aromatic rings. The van der Waals surface area contributed by atoms with Gasteiger partial charge in [0.25, 0.3) is 0 Å². The van der Waals surface area contributed by atoms with Crippen LogP contribution in [0.25, 0.3) is 0 Å². The van der Waals surface area contributed by atoms with E-state index in [0.29, 0.717) is 5.82 Å². The summed E-state index contributed by atoms with van der Waals surface area (Å²) in [5.74, 6) is -1.11. The summed E-state index contributed by atoms with van der Waals surface area (Å²) < 4.78 is 4.98. The minimum absolute atomic E-state index is 0.261. The number of carbonyl (C=O) groups is 2. The summed E-state index contributed by atoms with van der Waals surface area (Å²) in [5, 5.41) is 12.4. The number of carboxylic acids is 1. The molecule has 6 nitrogen and oxygen atoms in total. The minimum Gasteiger partial charge on any atom is -0.481 e. The van der Waals surface area contributed by atoms with Crippen molar-refractivity contribution in [3.63, 3.8) is 0 Å². The van der Waals surface area contributed by atoms with E-state index in [1.807, 2.05) is 0 Å². The highest BCUT2D eigenvalue weighted by molar-refractivity contribution is 5.94. The second-order valence-electron chi connectivity index (χ2n) is 5.80. The Hall–Kier alpha value is -2.11. The molecule has 0 fully saturated rings. The Balaban J connectivity index is 3.14. The van der Waals surface area contributed by atoms with Gasteiger partial charge in [0.1, 0.15) is 11.4 Å². The number of pyridine rings is 1. The molecule has 1 aromatic heterocycles. The lowest BCUT2D eigenvalue weighted by molar-refractivity contribution is -0.149. The van der Waals surface area contributed by atoms with Crippen molar-refractivity contribution in [1.29, 1.82) is 0 Å². The molecular weight excluding hydrogens is 272 g/mol. The lowest BCUT2D eigenvalue weighted by Crippen LogP contribution is -2.51. The highest BCUT2D eigenvalue weighted by Crippen LogP contribution is 2.34. The number of aromatic nitrogens is 1. The van der Waals surface area contributed by atoms with E-state index in [-0.39, 0.29) is 12.2 Å². The van der Waals surface area contributed by atoms with Crippen LogP contribution in [0.15, 0.2) is 18.3 Å². The number of hydrogen-bond donors (Lipinski definition) is 2. The Morgan fingerprint density at radius 2 is 1.95 bits per heavy atom. The molecule has 0 atom stereocenters. The number of rotatable bonds is 6. The van der Waals surface area contributed by atoms with E-state index in [4.69, 9.17) is 4.74 Å². The smallest absolute Gasteiger partial charge is 0.341 e. The van der Waals surface area contributed by atoms with Gasteiger partial charge in [0.2, 0.25) is 0 Å². The monoisotopic (exact) mass is 294 g/mol. The number of aliphatic carboxylic acids is 1. The van der Waals surface area contributed by atoms with Crippen LogP contribution < -0.4 is 5.32 Å². The third kappa shape index (κ3) is 3.51. The van der Waals surface area contributed by atoms with Crippen LogP contribution in [0.1, 0.15) is 45.0 Å². The summed E-state index contributed by atoms with van der Waals surface area (Å²) in [4.78, 5) is 27.5. The highest BCUT2D eigenvalue weighted by Gasteiger charge is 2.44. The van der Waals surface area contributed by atoms with Crippen LogP contribution >= 0.6 is 0 Å². The SMILES string of the molecule is CCOC(=O)c1cccnc1NC(C)(C)C(C)(C)C(=O)O. The van der Waals surface area contributed by atoms with Gasteiger partial charge in [-0.1, -0.05) is 0 Å². The Morgan fingerprint density at radius 1 is 1.33 bits per heavy atom. The summed E-state index contributed by atoms with van der Waals surface area (Å²) in [6.07, 6.45) is 1.54. The number of nitrogens with zero attached hydrogens (tertiary/aromatic N) is 1. The second kappa shape index (κ2) is 6.11. The van der Waals surface area contributed by atoms with E-state index in [1.165, 1.54) is 6.20 Å². The Morgan fingerprint density at radius 3 is 2.48 bits per heavy atom. The maximum Gasteiger partial charge on any atom is 0.341 e. The van der Waals surface area contributed by atoms with Crippen molar-refractivity contribution >= 4 is 17.8 Å². The van der Waals surface area contributed by atoms with Crippen molar-refractivity contribution in [3.8, 4) is 0 Å². The van der Waals surface area contributed by atoms with Crippen molar-refractivity contribution in [2.45, 2.75) is 40.2 Å². The van der Waals surface area contributed by atoms with Gasteiger partial charge in [-0.3, -0.25) is 4.79 Å². The molecule has 0 aliphatic heterocycles. The van der Waals surface area contributed by atoms with Crippen LogP contribution in [0.2, 0.25) is 0 Å². The minimum atomic E-state index is -1.06. The van der Waals surface area contributed by atoms with Crippen LogP contribution in [0.3, 0.4) is 0 Å². The van der Waals surface area contributed by atoms with Crippen molar-refractivity contribution < 1.29 is 19.4 Å². The van der Waals surface area contributed by atoms with Gasteiger partial charge < -0.3 is 15.2 Å². The number of carbonyl (C=O) groups excluding carboxylic acids is 1. The van der Waals surface area contributed by atoms with Gasteiger partial charge in [0.15, 0.2) is 0 Å². The summed E-state index contributed by atoms with van der Waals surface area (Å²) in [7, 11) is 0. The van der Waals surface area contributed by atoms with Crippen molar-refractivity contribution in [2.24, 2.45) is 5.41 Å². The van der Waals surface area contributed by atoms with Crippen molar-refractivity contribution in [3.05, 3.63) is 23.9 Å². The zero-order valence-corrected chi connectivity index (χ0v) is 13.1. The lowest BCUT2D eigenvalue weighted by atomic mass is 9.74. The molecule has 21 heavy (non-hydrogen) atoms. The largest absolute Gasteiger partial charge is 0.481 e. The zero-order chi connectivity index (χ0) is 16.3. The topological polar surface area (TPSA) is 88.5 Å². The Bertz CT molecular complexity index is 538. The first-order valence-electron chi connectivity index (χ1n) is 6.77. The van der Waals surface area contributed by atoms with Crippen LogP contribution in [-0.4, -0.2) is 34.2 Å². The van der Waals surface area contributed by atoms with Gasteiger partial charge in [-0.2, -0.15) is 0 Å². The third-order valence-corrected chi connectivity index (χ3v) is 3.83. The molecule has 0 amide bonds. The molecule has 0 bridgehead atoms. The number of esters is 1. The van der Waals surface area contributed by atoms with Gasteiger partial charge >= 0.3 is 11.9 Å². The quantitative estimate of drug-likeness (QED) is 0.784. The number of nitrogens with one attached hydrogen (secondary N) is 1. The summed E-state index contributed by atoms with van der Waals surface area (Å²) >= 11 is 0. The first-order valence-corrected chi connectivity index (χ1v) is 6.77. The summed E-state index contributed by atoms with van der Waals surface area (Å²) in [6.45, 7) is 8.73. The van der Waals surface area contributed by atoms with Crippen molar-refractivity contribution in [1.82, 2.24) is 4.98 Å². The predicted octanol–water partition coefficient (Wildman–Crippen LogP) is 2.56. The van der Waals surface area contributed by atoms with Crippen LogP contribution in [0, 0.1) is 5.41 Å². The molecule has 1 heterocycles. The van der Waals surface area contributed by atoms with E-state index in [2.05, 4.69) is 10.3 Å². The van der Waals surface area contributed by atoms with Gasteiger partial charge in [0, 0.05) is 11.7 Å². The molecule has 0 spiro atoms. The molecule has 0 aliphatic rings. The van der Waals surface area contributed by atoms with Gasteiger partial charge in [-0.05, 0) is 46.8 Å². The van der Waals surface area contributed by atoms with Gasteiger partial charge in [-0.25, -0.2) is 9.78 Å². The molecule has 116 valence electrons.